The van der Waals surface area contributed by atoms with E-state index in [0.717, 1.165) is 23.9 Å². The van der Waals surface area contributed by atoms with E-state index < -0.39 is 0 Å². The average molecular weight is 372 g/mol. The minimum absolute atomic E-state index is 0.0635. The summed E-state index contributed by atoms with van der Waals surface area (Å²) in [7, 11) is 0. The van der Waals surface area contributed by atoms with Gasteiger partial charge in [0.2, 0.25) is 11.8 Å². The van der Waals surface area contributed by atoms with Gasteiger partial charge < -0.3 is 10.2 Å². The van der Waals surface area contributed by atoms with Crippen LogP contribution in [-0.4, -0.2) is 46.8 Å². The molecule has 2 amide bonds. The molecule has 1 aromatic rings. The minimum Gasteiger partial charge on any atom is -0.341 e. The number of thioether (sulfide) groups is 1. The van der Waals surface area contributed by atoms with E-state index in [1.807, 2.05) is 12.3 Å². The van der Waals surface area contributed by atoms with Crippen molar-refractivity contribution in [3.63, 3.8) is 0 Å². The second-order valence-corrected chi connectivity index (χ2v) is 6.74. The average Bonchev–Trinajstić information content (AvgIpc) is 2.50. The topological polar surface area (TPSA) is 62.3 Å². The molecule has 7 heteroatoms. The van der Waals surface area contributed by atoms with Crippen LogP contribution in [0.4, 0.5) is 5.82 Å². The van der Waals surface area contributed by atoms with E-state index >= 15 is 0 Å². The molecule has 2 rings (SSSR count). The van der Waals surface area contributed by atoms with Crippen molar-refractivity contribution >= 4 is 45.3 Å². The van der Waals surface area contributed by atoms with Crippen molar-refractivity contribution in [2.24, 2.45) is 5.92 Å². The first-order chi connectivity index (χ1) is 10.1. The molecule has 0 radical (unpaired) electrons. The predicted molar refractivity (Wildman–Crippen MR) is 88.3 cm³/mol. The highest BCUT2D eigenvalue weighted by molar-refractivity contribution is 9.10. The Morgan fingerprint density at radius 2 is 2.33 bits per heavy atom. The van der Waals surface area contributed by atoms with Gasteiger partial charge in [0.25, 0.3) is 0 Å². The maximum Gasteiger partial charge on any atom is 0.232 e. The normalized spacial score (nSPS) is 18.4. The molecule has 0 bridgehead atoms. The van der Waals surface area contributed by atoms with Crippen molar-refractivity contribution in [3.05, 3.63) is 22.8 Å². The van der Waals surface area contributed by atoms with Gasteiger partial charge in [0, 0.05) is 23.8 Å². The zero-order chi connectivity index (χ0) is 15.2. The highest BCUT2D eigenvalue weighted by atomic mass is 79.9. The summed E-state index contributed by atoms with van der Waals surface area (Å²) in [6, 6.07) is 3.58. The summed E-state index contributed by atoms with van der Waals surface area (Å²) in [4.78, 5) is 30.1. The van der Waals surface area contributed by atoms with Crippen LogP contribution in [0.1, 0.15) is 12.8 Å². The number of pyridine rings is 1. The van der Waals surface area contributed by atoms with Crippen molar-refractivity contribution in [2.75, 3.05) is 30.4 Å². The van der Waals surface area contributed by atoms with Gasteiger partial charge in [-0.05, 0) is 47.2 Å². The second-order valence-electron chi connectivity index (χ2n) is 4.96. The Hall–Kier alpha value is -1.08. The smallest absolute Gasteiger partial charge is 0.232 e. The van der Waals surface area contributed by atoms with Crippen molar-refractivity contribution < 1.29 is 9.59 Å². The number of nitrogens with one attached hydrogen (secondary N) is 1. The Labute approximate surface area is 137 Å². The molecule has 1 aromatic heterocycles. The van der Waals surface area contributed by atoms with E-state index in [1.165, 1.54) is 11.8 Å². The van der Waals surface area contributed by atoms with Gasteiger partial charge in [-0.2, -0.15) is 11.8 Å². The fourth-order valence-electron chi connectivity index (χ4n) is 2.31. The first-order valence-corrected chi connectivity index (χ1v) is 8.98. The van der Waals surface area contributed by atoms with Crippen LogP contribution in [0.5, 0.6) is 0 Å². The highest BCUT2D eigenvalue weighted by Crippen LogP contribution is 2.19. The van der Waals surface area contributed by atoms with Crippen molar-refractivity contribution in [1.29, 1.82) is 0 Å². The molecule has 0 spiro atoms. The van der Waals surface area contributed by atoms with Crippen LogP contribution in [0.15, 0.2) is 22.8 Å². The SMILES string of the molecule is CSCC(=O)N1CCCC(C(=O)Nc2ccc(Br)cn2)C1. The van der Waals surface area contributed by atoms with Crippen LogP contribution in [0, 0.1) is 5.92 Å². The summed E-state index contributed by atoms with van der Waals surface area (Å²) in [5, 5.41) is 2.82. The molecule has 1 N–H and O–H groups in total. The lowest BCUT2D eigenvalue weighted by molar-refractivity contribution is -0.132. The standard InChI is InChI=1S/C14H18BrN3O2S/c1-21-9-13(19)18-6-2-3-10(8-18)14(20)17-12-5-4-11(15)7-16-12/h4-5,7,10H,2-3,6,8-9H2,1H3,(H,16,17,20). The Kier molecular flexibility index (Phi) is 6.05. The number of carbonyl (C=O) groups is 2. The van der Waals surface area contributed by atoms with Gasteiger partial charge in [-0.3, -0.25) is 9.59 Å². The number of anilines is 1. The number of nitrogens with zero attached hydrogens (tertiary/aromatic N) is 2. The molecule has 1 aliphatic rings. The van der Waals surface area contributed by atoms with Crippen LogP contribution >= 0.6 is 27.7 Å². The van der Waals surface area contributed by atoms with Gasteiger partial charge in [-0.15, -0.1) is 0 Å². The Balaban J connectivity index is 1.92. The fourth-order valence-corrected chi connectivity index (χ4v) is 2.97. The van der Waals surface area contributed by atoms with E-state index in [0.29, 0.717) is 18.1 Å². The molecule has 1 fully saturated rings. The summed E-state index contributed by atoms with van der Waals surface area (Å²) >= 11 is 4.82. The third kappa shape index (κ3) is 4.71. The lowest BCUT2D eigenvalue weighted by atomic mass is 9.97. The zero-order valence-corrected chi connectivity index (χ0v) is 14.2. The molecule has 1 atom stereocenters. The number of hydrogen-bond acceptors (Lipinski definition) is 4. The van der Waals surface area contributed by atoms with Crippen molar-refractivity contribution in [3.8, 4) is 0 Å². The number of carbonyl (C=O) groups excluding carboxylic acids is 2. The number of likely N-dealkylation sites (tertiary alicyclic amines) is 1. The lowest BCUT2D eigenvalue weighted by Gasteiger charge is -2.31. The maximum absolute atomic E-state index is 12.3. The van der Waals surface area contributed by atoms with E-state index in [9.17, 15) is 9.59 Å². The number of hydrogen-bond donors (Lipinski definition) is 1. The number of amides is 2. The van der Waals surface area contributed by atoms with Crippen LogP contribution in [-0.2, 0) is 9.59 Å². The summed E-state index contributed by atoms with van der Waals surface area (Å²) in [5.74, 6) is 0.904. The van der Waals surface area contributed by atoms with Gasteiger partial charge in [0.05, 0.1) is 11.7 Å². The summed E-state index contributed by atoms with van der Waals surface area (Å²) in [6.45, 7) is 1.25. The van der Waals surface area contributed by atoms with Gasteiger partial charge in [0.15, 0.2) is 0 Å². The fraction of sp³-hybridized carbons (Fsp3) is 0.500. The number of rotatable bonds is 4. The first-order valence-electron chi connectivity index (χ1n) is 6.79. The largest absolute Gasteiger partial charge is 0.341 e. The van der Waals surface area contributed by atoms with E-state index in [1.54, 1.807) is 17.2 Å². The quantitative estimate of drug-likeness (QED) is 0.882. The zero-order valence-electron chi connectivity index (χ0n) is 11.8. The van der Waals surface area contributed by atoms with Gasteiger partial charge in [-0.25, -0.2) is 4.98 Å². The molecule has 5 nitrogen and oxygen atoms in total. The molecule has 0 aromatic carbocycles. The van der Waals surface area contributed by atoms with Crippen LogP contribution in [0.3, 0.4) is 0 Å². The van der Waals surface area contributed by atoms with Gasteiger partial charge in [-0.1, -0.05) is 0 Å². The van der Waals surface area contributed by atoms with Crippen LogP contribution in [0.25, 0.3) is 0 Å². The van der Waals surface area contributed by atoms with Crippen molar-refractivity contribution in [1.82, 2.24) is 9.88 Å². The monoisotopic (exact) mass is 371 g/mol. The summed E-state index contributed by atoms with van der Waals surface area (Å²) in [5.41, 5.74) is 0. The Morgan fingerprint density at radius 3 is 3.00 bits per heavy atom. The maximum atomic E-state index is 12.3. The molecule has 2 heterocycles. The summed E-state index contributed by atoms with van der Waals surface area (Å²) < 4.78 is 0.868. The van der Waals surface area contributed by atoms with E-state index in [2.05, 4.69) is 26.2 Å². The molecule has 0 saturated carbocycles. The third-order valence-electron chi connectivity index (χ3n) is 3.39. The first kappa shape index (κ1) is 16.3. The van der Waals surface area contributed by atoms with Crippen molar-refractivity contribution in [2.45, 2.75) is 12.8 Å². The molecule has 0 aliphatic carbocycles. The molecule has 114 valence electrons. The molecular formula is C14H18BrN3O2S. The molecule has 1 unspecified atom stereocenters. The highest BCUT2D eigenvalue weighted by Gasteiger charge is 2.28. The van der Waals surface area contributed by atoms with E-state index in [-0.39, 0.29) is 17.7 Å². The second kappa shape index (κ2) is 7.79. The van der Waals surface area contributed by atoms with Crippen LogP contribution < -0.4 is 5.32 Å². The molecule has 1 saturated heterocycles. The molecule has 21 heavy (non-hydrogen) atoms. The molecular weight excluding hydrogens is 354 g/mol. The number of piperidine rings is 1. The third-order valence-corrected chi connectivity index (χ3v) is 4.40. The molecule has 1 aliphatic heterocycles. The number of halogens is 1. The summed E-state index contributed by atoms with van der Waals surface area (Å²) in [6.07, 6.45) is 5.23. The van der Waals surface area contributed by atoms with Gasteiger partial charge in [0.1, 0.15) is 5.82 Å². The Morgan fingerprint density at radius 1 is 1.52 bits per heavy atom. The van der Waals surface area contributed by atoms with Gasteiger partial charge >= 0.3 is 0 Å². The lowest BCUT2D eigenvalue weighted by Crippen LogP contribution is -2.44. The predicted octanol–water partition coefficient (Wildman–Crippen LogP) is 2.38. The van der Waals surface area contributed by atoms with E-state index in [4.69, 9.17) is 0 Å². The van der Waals surface area contributed by atoms with Crippen LogP contribution in [0.2, 0.25) is 0 Å². The minimum atomic E-state index is -0.157. The Bertz CT molecular complexity index is 509. The number of aromatic nitrogens is 1.